The minimum absolute atomic E-state index is 0.00341. The van der Waals surface area contributed by atoms with Crippen molar-refractivity contribution in [1.82, 2.24) is 0 Å². The maximum atomic E-state index is 14.3. The van der Waals surface area contributed by atoms with Gasteiger partial charge in [0.2, 0.25) is 0 Å². The Hall–Kier alpha value is -4.00. The SMILES string of the molecule is COC(=O)[C@H](Cc1ccccc1F)c1cc(=O)oc2cc(OCc3ccccc3F)ccc12. The van der Waals surface area contributed by atoms with E-state index < -0.39 is 23.3 Å². The summed E-state index contributed by atoms with van der Waals surface area (Å²) < 4.78 is 44.0. The molecule has 0 spiro atoms. The second-order valence-electron chi connectivity index (χ2n) is 7.43. The van der Waals surface area contributed by atoms with Gasteiger partial charge in [-0.05, 0) is 41.8 Å². The second-order valence-corrected chi connectivity index (χ2v) is 7.43. The molecule has 4 aromatic rings. The van der Waals surface area contributed by atoms with Crippen LogP contribution in [0.4, 0.5) is 8.78 Å². The van der Waals surface area contributed by atoms with Gasteiger partial charge in [0.1, 0.15) is 29.6 Å². The molecule has 4 rings (SSSR count). The Morgan fingerprint density at radius 2 is 1.61 bits per heavy atom. The Morgan fingerprint density at radius 3 is 2.27 bits per heavy atom. The minimum Gasteiger partial charge on any atom is -0.489 e. The van der Waals surface area contributed by atoms with Crippen molar-refractivity contribution in [2.24, 2.45) is 0 Å². The van der Waals surface area contributed by atoms with Gasteiger partial charge >= 0.3 is 11.6 Å². The molecule has 168 valence electrons. The Bertz CT molecular complexity index is 1360. The monoisotopic (exact) mass is 450 g/mol. The quantitative estimate of drug-likeness (QED) is 0.288. The van der Waals surface area contributed by atoms with Crippen LogP contribution in [0.2, 0.25) is 0 Å². The normalized spacial score (nSPS) is 11.8. The van der Waals surface area contributed by atoms with E-state index in [9.17, 15) is 18.4 Å². The Morgan fingerprint density at radius 1 is 0.939 bits per heavy atom. The predicted molar refractivity (Wildman–Crippen MR) is 118 cm³/mol. The van der Waals surface area contributed by atoms with Crippen LogP contribution in [0, 0.1) is 11.6 Å². The molecule has 1 aromatic heterocycles. The molecule has 0 aliphatic carbocycles. The lowest BCUT2D eigenvalue weighted by atomic mass is 9.90. The van der Waals surface area contributed by atoms with Crippen molar-refractivity contribution < 1.29 is 27.5 Å². The van der Waals surface area contributed by atoms with Crippen LogP contribution >= 0.6 is 0 Å². The van der Waals surface area contributed by atoms with E-state index in [2.05, 4.69) is 0 Å². The first-order valence-electron chi connectivity index (χ1n) is 10.2. The molecule has 3 aromatic carbocycles. The zero-order chi connectivity index (χ0) is 23.4. The fourth-order valence-electron chi connectivity index (χ4n) is 3.67. The van der Waals surface area contributed by atoms with Gasteiger partial charge in [-0.15, -0.1) is 0 Å². The van der Waals surface area contributed by atoms with E-state index in [0.29, 0.717) is 27.8 Å². The summed E-state index contributed by atoms with van der Waals surface area (Å²) in [4.78, 5) is 24.9. The molecule has 5 nitrogen and oxygen atoms in total. The van der Waals surface area contributed by atoms with Crippen molar-refractivity contribution in [1.29, 1.82) is 0 Å². The van der Waals surface area contributed by atoms with E-state index in [-0.39, 0.29) is 24.4 Å². The number of hydrogen-bond donors (Lipinski definition) is 0. The number of fused-ring (bicyclic) bond motifs is 1. The summed E-state index contributed by atoms with van der Waals surface area (Å²) >= 11 is 0. The number of esters is 1. The summed E-state index contributed by atoms with van der Waals surface area (Å²) in [5.74, 6) is -2.02. The first-order chi connectivity index (χ1) is 16.0. The van der Waals surface area contributed by atoms with Gasteiger partial charge in [0.05, 0.1) is 13.0 Å². The standard InChI is InChI=1S/C26H20F2O5/c1-31-26(30)21(12-16-6-2-4-8-22(16)27)20-14-25(29)33-24-13-18(10-11-19(20)24)32-15-17-7-3-5-9-23(17)28/h2-11,13-14,21H,12,15H2,1H3/t21-/m1/s1. The van der Waals surface area contributed by atoms with E-state index >= 15 is 0 Å². The fraction of sp³-hybridized carbons (Fsp3) is 0.154. The molecule has 0 aliphatic heterocycles. The first-order valence-corrected chi connectivity index (χ1v) is 10.2. The van der Waals surface area contributed by atoms with Gasteiger partial charge in [-0.1, -0.05) is 36.4 Å². The molecule has 7 heteroatoms. The summed E-state index contributed by atoms with van der Waals surface area (Å²) in [7, 11) is 1.24. The maximum absolute atomic E-state index is 14.3. The summed E-state index contributed by atoms with van der Waals surface area (Å²) in [6.07, 6.45) is 0.00341. The highest BCUT2D eigenvalue weighted by Crippen LogP contribution is 2.31. The Labute approximate surface area is 188 Å². The molecule has 0 saturated heterocycles. The number of carbonyl (C=O) groups excluding carboxylic acids is 1. The molecule has 0 aliphatic rings. The number of ether oxygens (including phenoxy) is 2. The summed E-state index contributed by atoms with van der Waals surface area (Å²) in [6.45, 7) is -0.0137. The molecule has 0 radical (unpaired) electrons. The first kappa shape index (κ1) is 22.2. The predicted octanol–water partition coefficient (Wildman–Crippen LogP) is 5.15. The molecule has 1 heterocycles. The molecule has 0 amide bonds. The lowest BCUT2D eigenvalue weighted by Gasteiger charge is -2.17. The molecule has 0 bridgehead atoms. The molecule has 1 atom stereocenters. The van der Waals surface area contributed by atoms with Crippen LogP contribution in [0.25, 0.3) is 11.0 Å². The molecule has 0 N–H and O–H groups in total. The molecular weight excluding hydrogens is 430 g/mol. The summed E-state index contributed by atoms with van der Waals surface area (Å²) in [6, 6.07) is 18.3. The van der Waals surface area contributed by atoms with Crippen molar-refractivity contribution >= 4 is 16.9 Å². The van der Waals surface area contributed by atoms with Crippen LogP contribution < -0.4 is 10.4 Å². The molecule has 0 saturated carbocycles. The van der Waals surface area contributed by atoms with Crippen LogP contribution in [-0.4, -0.2) is 13.1 Å². The van der Waals surface area contributed by atoms with Crippen LogP contribution in [0.5, 0.6) is 5.75 Å². The third-order valence-corrected chi connectivity index (χ3v) is 5.34. The second kappa shape index (κ2) is 9.65. The lowest BCUT2D eigenvalue weighted by molar-refractivity contribution is -0.142. The van der Waals surface area contributed by atoms with Crippen molar-refractivity contribution in [3.05, 3.63) is 112 Å². The zero-order valence-corrected chi connectivity index (χ0v) is 17.7. The van der Waals surface area contributed by atoms with E-state index in [0.717, 1.165) is 0 Å². The van der Waals surface area contributed by atoms with Crippen LogP contribution in [-0.2, 0) is 22.6 Å². The Kier molecular flexibility index (Phi) is 6.49. The van der Waals surface area contributed by atoms with Gasteiger partial charge in [-0.2, -0.15) is 0 Å². The van der Waals surface area contributed by atoms with Gasteiger partial charge in [0.15, 0.2) is 0 Å². The number of benzene rings is 3. The number of halogens is 2. The van der Waals surface area contributed by atoms with Crippen molar-refractivity contribution in [3.8, 4) is 5.75 Å². The van der Waals surface area contributed by atoms with Gasteiger partial charge in [0.25, 0.3) is 0 Å². The van der Waals surface area contributed by atoms with Crippen molar-refractivity contribution in [3.63, 3.8) is 0 Å². The van der Waals surface area contributed by atoms with Crippen molar-refractivity contribution in [2.75, 3.05) is 7.11 Å². The lowest BCUT2D eigenvalue weighted by Crippen LogP contribution is -2.19. The van der Waals surface area contributed by atoms with Crippen molar-refractivity contribution in [2.45, 2.75) is 18.9 Å². The van der Waals surface area contributed by atoms with Crippen LogP contribution in [0.1, 0.15) is 22.6 Å². The molecule has 0 fully saturated rings. The molecular formula is C26H20F2O5. The number of rotatable bonds is 7. The van der Waals surface area contributed by atoms with E-state index in [1.807, 2.05) is 0 Å². The fourth-order valence-corrected chi connectivity index (χ4v) is 3.67. The smallest absolute Gasteiger partial charge is 0.336 e. The minimum atomic E-state index is -0.927. The van der Waals surface area contributed by atoms with Crippen LogP contribution in [0.3, 0.4) is 0 Å². The summed E-state index contributed by atoms with van der Waals surface area (Å²) in [5, 5.41) is 0.486. The average molecular weight is 450 g/mol. The van der Waals surface area contributed by atoms with Gasteiger partial charge in [-0.25, -0.2) is 13.6 Å². The van der Waals surface area contributed by atoms with Gasteiger partial charge < -0.3 is 13.9 Å². The largest absolute Gasteiger partial charge is 0.489 e. The third-order valence-electron chi connectivity index (χ3n) is 5.34. The van der Waals surface area contributed by atoms with Gasteiger partial charge in [0, 0.05) is 23.1 Å². The average Bonchev–Trinajstić information content (AvgIpc) is 2.82. The number of carbonyl (C=O) groups is 1. The number of hydrogen-bond acceptors (Lipinski definition) is 5. The zero-order valence-electron chi connectivity index (χ0n) is 17.7. The highest BCUT2D eigenvalue weighted by Gasteiger charge is 2.26. The Balaban J connectivity index is 1.70. The van der Waals surface area contributed by atoms with E-state index in [1.54, 1.807) is 48.5 Å². The molecule has 33 heavy (non-hydrogen) atoms. The number of methoxy groups -OCH3 is 1. The highest BCUT2D eigenvalue weighted by atomic mass is 19.1. The van der Waals surface area contributed by atoms with E-state index in [4.69, 9.17) is 13.9 Å². The molecule has 0 unspecified atom stereocenters. The third kappa shape index (κ3) is 4.92. The topological polar surface area (TPSA) is 65.7 Å². The highest BCUT2D eigenvalue weighted by molar-refractivity contribution is 5.89. The maximum Gasteiger partial charge on any atom is 0.336 e. The van der Waals surface area contributed by atoms with E-state index in [1.165, 1.54) is 31.4 Å². The van der Waals surface area contributed by atoms with Crippen LogP contribution in [0.15, 0.2) is 82.0 Å². The summed E-state index contributed by atoms with van der Waals surface area (Å²) in [5.41, 5.74) is 0.566. The van der Waals surface area contributed by atoms with Gasteiger partial charge in [-0.3, -0.25) is 4.79 Å².